The van der Waals surface area contributed by atoms with Crippen molar-refractivity contribution in [1.82, 2.24) is 5.32 Å². The number of rotatable bonds is 7. The van der Waals surface area contributed by atoms with Crippen molar-refractivity contribution in [3.05, 3.63) is 35.9 Å². The summed E-state index contributed by atoms with van der Waals surface area (Å²) in [7, 11) is -3.66. The van der Waals surface area contributed by atoms with Gasteiger partial charge in [-0.15, -0.1) is 0 Å². The maximum Gasteiger partial charge on any atom is 0.264 e. The summed E-state index contributed by atoms with van der Waals surface area (Å²) in [6.07, 6.45) is -1.99. The fourth-order valence-electron chi connectivity index (χ4n) is 2.43. The number of aliphatic hydroxyl groups excluding tert-OH is 1. The van der Waals surface area contributed by atoms with E-state index in [4.69, 9.17) is 13.7 Å². The molecular formula is C15H21NO7S. The van der Waals surface area contributed by atoms with Crippen molar-refractivity contribution >= 4 is 16.0 Å². The predicted octanol–water partition coefficient (Wildman–Crippen LogP) is -0.230. The van der Waals surface area contributed by atoms with E-state index in [-0.39, 0.29) is 19.1 Å². The van der Waals surface area contributed by atoms with Gasteiger partial charge in [0.25, 0.3) is 10.1 Å². The smallest absolute Gasteiger partial charge is 0.264 e. The Hall–Kier alpha value is -1.52. The molecule has 0 unspecified atom stereocenters. The Morgan fingerprint density at radius 3 is 2.58 bits per heavy atom. The predicted molar refractivity (Wildman–Crippen MR) is 84.3 cm³/mol. The van der Waals surface area contributed by atoms with Crippen LogP contribution in [-0.4, -0.2) is 56.8 Å². The highest BCUT2D eigenvalue weighted by molar-refractivity contribution is 7.85. The van der Waals surface area contributed by atoms with Crippen LogP contribution in [0.25, 0.3) is 0 Å². The van der Waals surface area contributed by atoms with Gasteiger partial charge in [-0.3, -0.25) is 8.98 Å². The lowest BCUT2D eigenvalue weighted by atomic mass is 10.1. The highest BCUT2D eigenvalue weighted by Crippen LogP contribution is 2.24. The molecule has 1 saturated heterocycles. The Morgan fingerprint density at radius 1 is 1.33 bits per heavy atom. The van der Waals surface area contributed by atoms with Crippen LogP contribution in [0.3, 0.4) is 0 Å². The first-order chi connectivity index (χ1) is 11.3. The van der Waals surface area contributed by atoms with E-state index in [1.807, 2.05) is 30.3 Å². The average molecular weight is 359 g/mol. The third kappa shape index (κ3) is 5.53. The summed E-state index contributed by atoms with van der Waals surface area (Å²) in [6.45, 7) is 1.21. The molecule has 1 aliphatic heterocycles. The molecule has 24 heavy (non-hydrogen) atoms. The zero-order valence-electron chi connectivity index (χ0n) is 13.4. The second-order valence-corrected chi connectivity index (χ2v) is 7.19. The van der Waals surface area contributed by atoms with Gasteiger partial charge in [0.1, 0.15) is 18.2 Å². The second-order valence-electron chi connectivity index (χ2n) is 5.54. The van der Waals surface area contributed by atoms with Gasteiger partial charge in [-0.25, -0.2) is 0 Å². The summed E-state index contributed by atoms with van der Waals surface area (Å²) < 4.78 is 38.1. The minimum absolute atomic E-state index is 0.215. The van der Waals surface area contributed by atoms with Gasteiger partial charge in [0, 0.05) is 6.92 Å². The van der Waals surface area contributed by atoms with E-state index >= 15 is 0 Å². The molecular weight excluding hydrogens is 338 g/mol. The molecule has 4 atom stereocenters. The van der Waals surface area contributed by atoms with Crippen molar-refractivity contribution in [2.24, 2.45) is 0 Å². The minimum atomic E-state index is -3.66. The van der Waals surface area contributed by atoms with Crippen molar-refractivity contribution in [2.75, 3.05) is 12.9 Å². The van der Waals surface area contributed by atoms with Crippen molar-refractivity contribution in [1.29, 1.82) is 0 Å². The van der Waals surface area contributed by atoms with Gasteiger partial charge in [-0.2, -0.15) is 8.42 Å². The maximum absolute atomic E-state index is 11.3. The molecule has 1 aromatic rings. The fraction of sp³-hybridized carbons (Fsp3) is 0.533. The molecule has 8 nitrogen and oxygen atoms in total. The van der Waals surface area contributed by atoms with E-state index in [9.17, 15) is 18.3 Å². The molecule has 2 N–H and O–H groups in total. The summed E-state index contributed by atoms with van der Waals surface area (Å²) in [5, 5.41) is 12.5. The van der Waals surface area contributed by atoms with Crippen molar-refractivity contribution in [3.63, 3.8) is 0 Å². The molecule has 1 aliphatic rings. The van der Waals surface area contributed by atoms with E-state index in [2.05, 4.69) is 5.32 Å². The van der Waals surface area contributed by atoms with Gasteiger partial charge < -0.3 is 19.9 Å². The van der Waals surface area contributed by atoms with Crippen LogP contribution in [0.4, 0.5) is 0 Å². The Bertz CT molecular complexity index is 649. The topological polar surface area (TPSA) is 111 Å². The quantitative estimate of drug-likeness (QED) is 0.647. The largest absolute Gasteiger partial charge is 0.368 e. The fourth-order valence-corrected chi connectivity index (χ4v) is 2.81. The van der Waals surface area contributed by atoms with Crippen molar-refractivity contribution < 1.29 is 32.0 Å². The number of ether oxygens (including phenoxy) is 2. The zero-order chi connectivity index (χ0) is 17.7. The van der Waals surface area contributed by atoms with Gasteiger partial charge in [0.2, 0.25) is 5.91 Å². The SMILES string of the molecule is CC(=O)N[C@@H]1[C@@H](OCc2ccccc2)[C@@H](COS(C)(=O)=O)O[C@H]1O. The lowest BCUT2D eigenvalue weighted by Gasteiger charge is -2.23. The van der Waals surface area contributed by atoms with Crippen LogP contribution in [0.2, 0.25) is 0 Å². The van der Waals surface area contributed by atoms with E-state index in [1.165, 1.54) is 6.92 Å². The molecule has 1 amide bonds. The molecule has 0 saturated carbocycles. The molecule has 0 bridgehead atoms. The molecule has 9 heteroatoms. The molecule has 1 fully saturated rings. The molecule has 1 aromatic carbocycles. The normalized spacial score (nSPS) is 27.1. The number of carbonyl (C=O) groups excluding carboxylic acids is 1. The van der Waals surface area contributed by atoms with E-state index < -0.39 is 34.7 Å². The first kappa shape index (κ1) is 18.8. The summed E-state index contributed by atoms with van der Waals surface area (Å²) in [5.74, 6) is -0.361. The molecule has 134 valence electrons. The Kier molecular flexibility index (Phi) is 6.30. The Morgan fingerprint density at radius 2 is 2.00 bits per heavy atom. The second kappa shape index (κ2) is 8.04. The number of hydrogen-bond acceptors (Lipinski definition) is 7. The number of carbonyl (C=O) groups is 1. The van der Waals surface area contributed by atoms with Gasteiger partial charge in [-0.1, -0.05) is 30.3 Å². The van der Waals surface area contributed by atoms with Crippen LogP contribution in [0.5, 0.6) is 0 Å². The van der Waals surface area contributed by atoms with Crippen molar-refractivity contribution in [2.45, 2.75) is 38.1 Å². The van der Waals surface area contributed by atoms with Crippen LogP contribution in [0.15, 0.2) is 30.3 Å². The highest BCUT2D eigenvalue weighted by Gasteiger charge is 2.45. The third-order valence-corrected chi connectivity index (χ3v) is 4.01. The van der Waals surface area contributed by atoms with E-state index in [0.29, 0.717) is 0 Å². The van der Waals surface area contributed by atoms with E-state index in [0.717, 1.165) is 11.8 Å². The third-order valence-electron chi connectivity index (χ3n) is 3.44. The van der Waals surface area contributed by atoms with Gasteiger partial charge in [-0.05, 0) is 5.56 Å². The summed E-state index contributed by atoms with van der Waals surface area (Å²) in [4.78, 5) is 11.3. The van der Waals surface area contributed by atoms with Gasteiger partial charge in [0.05, 0.1) is 19.5 Å². The van der Waals surface area contributed by atoms with Crippen LogP contribution >= 0.6 is 0 Å². The minimum Gasteiger partial charge on any atom is -0.368 e. The monoisotopic (exact) mass is 359 g/mol. The standard InChI is InChI=1S/C15H21NO7S/c1-10(17)16-13-14(21-8-11-6-4-3-5-7-11)12(23-15(13)18)9-22-24(2,19)20/h3-7,12-15,18H,8-9H2,1-2H3,(H,16,17)/t12-,13-,14+,15-/m1/s1. The summed E-state index contributed by atoms with van der Waals surface area (Å²) in [6, 6.07) is 8.49. The number of nitrogens with one attached hydrogen (secondary N) is 1. The Labute approximate surface area is 140 Å². The van der Waals surface area contributed by atoms with E-state index in [1.54, 1.807) is 0 Å². The van der Waals surface area contributed by atoms with Gasteiger partial charge in [0.15, 0.2) is 6.29 Å². The van der Waals surface area contributed by atoms with Crippen LogP contribution in [0.1, 0.15) is 12.5 Å². The molecule has 0 spiro atoms. The number of hydrogen-bond donors (Lipinski definition) is 2. The number of aliphatic hydroxyl groups is 1. The van der Waals surface area contributed by atoms with Gasteiger partial charge >= 0.3 is 0 Å². The first-order valence-electron chi connectivity index (χ1n) is 7.37. The van der Waals surface area contributed by atoms with Crippen LogP contribution in [0, 0.1) is 0 Å². The maximum atomic E-state index is 11.3. The lowest BCUT2D eigenvalue weighted by molar-refractivity contribution is -0.126. The number of benzene rings is 1. The van der Waals surface area contributed by atoms with Crippen LogP contribution < -0.4 is 5.32 Å². The highest BCUT2D eigenvalue weighted by atomic mass is 32.2. The molecule has 0 radical (unpaired) electrons. The number of amides is 1. The molecule has 2 rings (SSSR count). The summed E-state index contributed by atoms with van der Waals surface area (Å²) in [5.41, 5.74) is 0.892. The summed E-state index contributed by atoms with van der Waals surface area (Å²) >= 11 is 0. The Balaban J connectivity index is 2.08. The molecule has 0 aromatic heterocycles. The molecule has 1 heterocycles. The van der Waals surface area contributed by atoms with Crippen molar-refractivity contribution in [3.8, 4) is 0 Å². The average Bonchev–Trinajstić information content (AvgIpc) is 2.79. The zero-order valence-corrected chi connectivity index (χ0v) is 14.2. The molecule has 0 aliphatic carbocycles. The van der Waals surface area contributed by atoms with Crippen LogP contribution in [-0.2, 0) is 35.2 Å². The first-order valence-corrected chi connectivity index (χ1v) is 9.18. The lowest BCUT2D eigenvalue weighted by Crippen LogP contribution is -2.48.